The molecule has 0 saturated carbocycles. The molecule has 27 heavy (non-hydrogen) atoms. The summed E-state index contributed by atoms with van der Waals surface area (Å²) in [5.74, 6) is 0.584. The Morgan fingerprint density at radius 3 is 2.85 bits per heavy atom. The Morgan fingerprint density at radius 2 is 2.07 bits per heavy atom. The molecule has 0 bridgehead atoms. The van der Waals surface area contributed by atoms with Crippen molar-refractivity contribution in [2.45, 2.75) is 11.7 Å². The second kappa shape index (κ2) is 9.17. The van der Waals surface area contributed by atoms with E-state index in [1.165, 1.54) is 11.8 Å². The van der Waals surface area contributed by atoms with Crippen LogP contribution in [-0.4, -0.2) is 28.3 Å². The molecule has 0 spiro atoms. The summed E-state index contributed by atoms with van der Waals surface area (Å²) in [6.45, 7) is 0.589. The Labute approximate surface area is 171 Å². The van der Waals surface area contributed by atoms with Gasteiger partial charge in [-0.1, -0.05) is 53.2 Å². The molecule has 2 aromatic carbocycles. The van der Waals surface area contributed by atoms with Crippen molar-refractivity contribution in [1.82, 2.24) is 9.55 Å². The van der Waals surface area contributed by atoms with Crippen molar-refractivity contribution in [3.05, 3.63) is 70.5 Å². The molecule has 5 nitrogen and oxygen atoms in total. The predicted octanol–water partition coefficient (Wildman–Crippen LogP) is 4.98. The monoisotopic (exact) mass is 421 g/mol. The fraction of sp³-hybridized carbons (Fsp3) is 0.158. The van der Waals surface area contributed by atoms with E-state index in [1.54, 1.807) is 31.5 Å². The molecule has 1 aromatic heterocycles. The third-order valence-corrected chi connectivity index (χ3v) is 5.35. The van der Waals surface area contributed by atoms with E-state index in [2.05, 4.69) is 10.3 Å². The third kappa shape index (κ3) is 5.19. The van der Waals surface area contributed by atoms with E-state index < -0.39 is 0 Å². The highest BCUT2D eigenvalue weighted by Gasteiger charge is 2.12. The van der Waals surface area contributed by atoms with Crippen molar-refractivity contribution in [3.63, 3.8) is 0 Å². The maximum atomic E-state index is 12.3. The number of methoxy groups -OCH3 is 1. The molecule has 0 fully saturated rings. The Bertz CT molecular complexity index is 946. The number of rotatable bonds is 7. The standard InChI is InChI=1S/C19H17Cl2N3O2S/c1-26-17-7-6-14(20)10-16(17)23-18(25)12-27-19-22-8-9-24(19)11-13-4-2-3-5-15(13)21/h2-10H,11-12H2,1H3,(H,23,25). The van der Waals surface area contributed by atoms with Crippen molar-refractivity contribution >= 4 is 46.6 Å². The topological polar surface area (TPSA) is 56.1 Å². The van der Waals surface area contributed by atoms with Gasteiger partial charge in [0.25, 0.3) is 0 Å². The SMILES string of the molecule is COc1ccc(Cl)cc1NC(=O)CSc1nccn1Cc1ccccc1Cl. The zero-order valence-electron chi connectivity index (χ0n) is 14.5. The van der Waals surface area contributed by atoms with E-state index >= 15 is 0 Å². The number of hydrogen-bond donors (Lipinski definition) is 1. The maximum Gasteiger partial charge on any atom is 0.234 e. The predicted molar refractivity (Wildman–Crippen MR) is 110 cm³/mol. The van der Waals surface area contributed by atoms with Gasteiger partial charge in [0, 0.05) is 22.4 Å². The summed E-state index contributed by atoms with van der Waals surface area (Å²) in [4.78, 5) is 16.6. The lowest BCUT2D eigenvalue weighted by atomic mass is 10.2. The fourth-order valence-corrected chi connectivity index (χ4v) is 3.59. The zero-order valence-corrected chi connectivity index (χ0v) is 16.8. The van der Waals surface area contributed by atoms with Gasteiger partial charge in [-0.2, -0.15) is 0 Å². The molecule has 140 valence electrons. The third-order valence-electron chi connectivity index (χ3n) is 3.74. The number of imidazole rings is 1. The van der Waals surface area contributed by atoms with E-state index in [4.69, 9.17) is 27.9 Å². The Morgan fingerprint density at radius 1 is 1.26 bits per heavy atom. The molecule has 0 aliphatic rings. The lowest BCUT2D eigenvalue weighted by Crippen LogP contribution is -2.15. The number of carbonyl (C=O) groups is 1. The summed E-state index contributed by atoms with van der Waals surface area (Å²) in [6.07, 6.45) is 3.57. The average Bonchev–Trinajstić information content (AvgIpc) is 3.09. The minimum absolute atomic E-state index is 0.173. The van der Waals surface area contributed by atoms with Crippen LogP contribution in [0.1, 0.15) is 5.56 Å². The first-order valence-corrected chi connectivity index (χ1v) is 9.81. The number of nitrogens with one attached hydrogen (secondary N) is 1. The number of anilines is 1. The Hall–Kier alpha value is -2.15. The van der Waals surface area contributed by atoms with Crippen LogP contribution < -0.4 is 10.1 Å². The number of carbonyl (C=O) groups excluding carboxylic acids is 1. The van der Waals surface area contributed by atoms with Gasteiger partial charge in [0.2, 0.25) is 5.91 Å². The van der Waals surface area contributed by atoms with Gasteiger partial charge in [-0.25, -0.2) is 4.98 Å². The van der Waals surface area contributed by atoms with E-state index in [1.807, 2.05) is 35.0 Å². The van der Waals surface area contributed by atoms with Crippen LogP contribution in [0.3, 0.4) is 0 Å². The van der Waals surface area contributed by atoms with Gasteiger partial charge < -0.3 is 14.6 Å². The number of aromatic nitrogens is 2. The van der Waals surface area contributed by atoms with E-state index in [-0.39, 0.29) is 11.7 Å². The average molecular weight is 422 g/mol. The summed E-state index contributed by atoms with van der Waals surface area (Å²) in [5.41, 5.74) is 1.53. The van der Waals surface area contributed by atoms with Crippen LogP contribution >= 0.6 is 35.0 Å². The molecule has 3 aromatic rings. The van der Waals surface area contributed by atoms with Crippen LogP contribution in [0.15, 0.2) is 60.0 Å². The minimum Gasteiger partial charge on any atom is -0.495 e. The lowest BCUT2D eigenvalue weighted by molar-refractivity contribution is -0.113. The summed E-state index contributed by atoms with van der Waals surface area (Å²) in [6, 6.07) is 12.7. The van der Waals surface area contributed by atoms with Crippen LogP contribution in [0, 0.1) is 0 Å². The number of hydrogen-bond acceptors (Lipinski definition) is 4. The number of amides is 1. The largest absolute Gasteiger partial charge is 0.495 e. The van der Waals surface area contributed by atoms with Gasteiger partial charge in [0.15, 0.2) is 5.16 Å². The summed E-state index contributed by atoms with van der Waals surface area (Å²) in [5, 5.41) is 4.78. The van der Waals surface area contributed by atoms with E-state index in [9.17, 15) is 4.79 Å². The fourth-order valence-electron chi connectivity index (χ4n) is 2.46. The molecule has 8 heteroatoms. The lowest BCUT2D eigenvalue weighted by Gasteiger charge is -2.11. The highest BCUT2D eigenvalue weighted by Crippen LogP contribution is 2.28. The molecule has 0 unspecified atom stereocenters. The quantitative estimate of drug-likeness (QED) is 0.546. The van der Waals surface area contributed by atoms with Crippen LogP contribution in [0.25, 0.3) is 0 Å². The number of ether oxygens (including phenoxy) is 1. The first-order valence-electron chi connectivity index (χ1n) is 8.07. The van der Waals surface area contributed by atoms with Gasteiger partial charge in [0.05, 0.1) is 25.1 Å². The van der Waals surface area contributed by atoms with Gasteiger partial charge in [-0.15, -0.1) is 0 Å². The number of halogens is 2. The summed E-state index contributed by atoms with van der Waals surface area (Å²) in [7, 11) is 1.54. The summed E-state index contributed by atoms with van der Waals surface area (Å²) >= 11 is 13.6. The molecule has 1 heterocycles. The van der Waals surface area contributed by atoms with Crippen molar-refractivity contribution in [3.8, 4) is 5.75 Å². The first-order chi connectivity index (χ1) is 13.1. The van der Waals surface area contributed by atoms with Gasteiger partial charge in [-0.3, -0.25) is 4.79 Å². The Balaban J connectivity index is 1.63. The van der Waals surface area contributed by atoms with Crippen molar-refractivity contribution in [2.24, 2.45) is 0 Å². The van der Waals surface area contributed by atoms with Crippen LogP contribution in [0.4, 0.5) is 5.69 Å². The molecule has 0 aliphatic heterocycles. The molecule has 0 radical (unpaired) electrons. The molecule has 0 atom stereocenters. The molecule has 0 aliphatic carbocycles. The molecular formula is C19H17Cl2N3O2S. The second-order valence-electron chi connectivity index (χ2n) is 5.61. The highest BCUT2D eigenvalue weighted by molar-refractivity contribution is 7.99. The molecule has 3 rings (SSSR count). The maximum absolute atomic E-state index is 12.3. The summed E-state index contributed by atoms with van der Waals surface area (Å²) < 4.78 is 7.20. The number of thioether (sulfide) groups is 1. The first kappa shape index (κ1) is 19.6. The van der Waals surface area contributed by atoms with Crippen LogP contribution in [0.2, 0.25) is 10.0 Å². The van der Waals surface area contributed by atoms with Gasteiger partial charge in [-0.05, 0) is 29.8 Å². The van der Waals surface area contributed by atoms with Crippen molar-refractivity contribution in [1.29, 1.82) is 0 Å². The number of nitrogens with zero attached hydrogens (tertiary/aromatic N) is 2. The smallest absolute Gasteiger partial charge is 0.234 e. The minimum atomic E-state index is -0.173. The molecule has 0 saturated heterocycles. The Kier molecular flexibility index (Phi) is 6.66. The second-order valence-corrected chi connectivity index (χ2v) is 7.40. The number of benzene rings is 2. The van der Waals surface area contributed by atoms with Crippen molar-refractivity contribution in [2.75, 3.05) is 18.2 Å². The van der Waals surface area contributed by atoms with E-state index in [0.29, 0.717) is 28.0 Å². The molecule has 1 N–H and O–H groups in total. The van der Waals surface area contributed by atoms with E-state index in [0.717, 1.165) is 10.7 Å². The van der Waals surface area contributed by atoms with Crippen LogP contribution in [0.5, 0.6) is 5.75 Å². The highest BCUT2D eigenvalue weighted by atomic mass is 35.5. The normalized spacial score (nSPS) is 10.6. The van der Waals surface area contributed by atoms with Gasteiger partial charge >= 0.3 is 0 Å². The van der Waals surface area contributed by atoms with Crippen LogP contribution in [-0.2, 0) is 11.3 Å². The molecular weight excluding hydrogens is 405 g/mol. The zero-order chi connectivity index (χ0) is 19.2. The molecule has 1 amide bonds. The van der Waals surface area contributed by atoms with Gasteiger partial charge in [0.1, 0.15) is 5.75 Å². The van der Waals surface area contributed by atoms with Crippen molar-refractivity contribution < 1.29 is 9.53 Å².